The molecule has 86 valence electrons. The van der Waals surface area contributed by atoms with Crippen molar-refractivity contribution in [1.82, 2.24) is 0 Å². The Morgan fingerprint density at radius 3 is 2.44 bits per heavy atom. The van der Waals surface area contributed by atoms with Gasteiger partial charge in [-0.15, -0.1) is 0 Å². The fourth-order valence-electron chi connectivity index (χ4n) is 2.88. The molecule has 1 saturated carbocycles. The highest BCUT2D eigenvalue weighted by Crippen LogP contribution is 2.38. The maximum atomic E-state index is 10.8. The summed E-state index contributed by atoms with van der Waals surface area (Å²) in [5.41, 5.74) is 2.64. The molecule has 1 heteroatoms. The number of hydrogen-bond acceptors (Lipinski definition) is 1. The summed E-state index contributed by atoms with van der Waals surface area (Å²) in [5.74, 6) is 1.19. The van der Waals surface area contributed by atoms with Crippen LogP contribution in [0.5, 0.6) is 0 Å². The van der Waals surface area contributed by atoms with Gasteiger partial charge in [0, 0.05) is 6.42 Å². The third-order valence-corrected chi connectivity index (χ3v) is 3.82. The lowest BCUT2D eigenvalue weighted by Gasteiger charge is -2.21. The van der Waals surface area contributed by atoms with Crippen LogP contribution in [0, 0.1) is 12.8 Å². The molecule has 0 amide bonds. The Morgan fingerprint density at radius 1 is 1.25 bits per heavy atom. The molecule has 1 fully saturated rings. The minimum Gasteiger partial charge on any atom is -0.303 e. The van der Waals surface area contributed by atoms with Crippen LogP contribution in [0.25, 0.3) is 0 Å². The number of aryl methyl sites for hydroxylation is 1. The number of rotatable bonds is 4. The van der Waals surface area contributed by atoms with Gasteiger partial charge in [0.25, 0.3) is 0 Å². The van der Waals surface area contributed by atoms with E-state index in [9.17, 15) is 4.79 Å². The summed E-state index contributed by atoms with van der Waals surface area (Å²) >= 11 is 0. The van der Waals surface area contributed by atoms with Gasteiger partial charge in [-0.25, -0.2) is 0 Å². The Bertz CT molecular complexity index is 333. The van der Waals surface area contributed by atoms with E-state index in [0.29, 0.717) is 12.3 Å². The van der Waals surface area contributed by atoms with E-state index >= 15 is 0 Å². The monoisotopic (exact) mass is 216 g/mol. The van der Waals surface area contributed by atoms with E-state index in [4.69, 9.17) is 0 Å². The van der Waals surface area contributed by atoms with Crippen LogP contribution in [-0.4, -0.2) is 6.29 Å². The molecule has 0 spiro atoms. The van der Waals surface area contributed by atoms with Crippen LogP contribution in [0.15, 0.2) is 24.3 Å². The highest BCUT2D eigenvalue weighted by Gasteiger charge is 2.25. The minimum absolute atomic E-state index is 0.459. The standard InChI is InChI=1S/C15H20O/c1-12-6-8-14(9-7-12)15(10-11-16)13-4-2-3-5-13/h6-9,11,13,15H,2-5,10H2,1H3. The Kier molecular flexibility index (Phi) is 3.76. The number of benzene rings is 1. The first-order chi connectivity index (χ1) is 7.81. The first-order valence-electron chi connectivity index (χ1n) is 6.31. The predicted octanol–water partition coefficient (Wildman–Crippen LogP) is 3.86. The van der Waals surface area contributed by atoms with Crippen molar-refractivity contribution in [3.63, 3.8) is 0 Å². The molecule has 0 N–H and O–H groups in total. The normalized spacial score (nSPS) is 18.6. The first-order valence-corrected chi connectivity index (χ1v) is 6.31. The lowest BCUT2D eigenvalue weighted by atomic mass is 9.83. The topological polar surface area (TPSA) is 17.1 Å². The van der Waals surface area contributed by atoms with Crippen molar-refractivity contribution in [2.45, 2.75) is 44.9 Å². The van der Waals surface area contributed by atoms with Crippen molar-refractivity contribution in [3.05, 3.63) is 35.4 Å². The maximum absolute atomic E-state index is 10.8. The average molecular weight is 216 g/mol. The van der Waals surface area contributed by atoms with Crippen molar-refractivity contribution in [3.8, 4) is 0 Å². The van der Waals surface area contributed by atoms with Gasteiger partial charge in [-0.2, -0.15) is 0 Å². The molecule has 0 aliphatic heterocycles. The molecule has 0 radical (unpaired) electrons. The van der Waals surface area contributed by atoms with E-state index in [1.165, 1.54) is 36.8 Å². The molecule has 1 aliphatic rings. The Labute approximate surface area is 97.9 Å². The van der Waals surface area contributed by atoms with E-state index < -0.39 is 0 Å². The Balaban J connectivity index is 2.17. The summed E-state index contributed by atoms with van der Waals surface area (Å²) in [4.78, 5) is 10.8. The van der Waals surface area contributed by atoms with Gasteiger partial charge in [0.1, 0.15) is 6.29 Å². The van der Waals surface area contributed by atoms with Crippen molar-refractivity contribution in [2.75, 3.05) is 0 Å². The molecular formula is C15H20O. The van der Waals surface area contributed by atoms with E-state index in [1.54, 1.807) is 0 Å². The number of aldehydes is 1. The van der Waals surface area contributed by atoms with Crippen LogP contribution in [0.3, 0.4) is 0 Å². The second kappa shape index (κ2) is 5.29. The molecule has 0 heterocycles. The van der Waals surface area contributed by atoms with Crippen molar-refractivity contribution >= 4 is 6.29 Å². The van der Waals surface area contributed by atoms with Crippen LogP contribution < -0.4 is 0 Å². The predicted molar refractivity (Wildman–Crippen MR) is 66.6 cm³/mol. The third-order valence-electron chi connectivity index (χ3n) is 3.82. The minimum atomic E-state index is 0.459. The maximum Gasteiger partial charge on any atom is 0.120 e. The van der Waals surface area contributed by atoms with Gasteiger partial charge in [0.2, 0.25) is 0 Å². The molecular weight excluding hydrogens is 196 g/mol. The van der Waals surface area contributed by atoms with Gasteiger partial charge in [-0.1, -0.05) is 42.7 Å². The summed E-state index contributed by atoms with van der Waals surface area (Å²) in [6.07, 6.45) is 7.05. The molecule has 0 bridgehead atoms. The quantitative estimate of drug-likeness (QED) is 0.698. The number of carbonyl (C=O) groups excluding carboxylic acids is 1. The van der Waals surface area contributed by atoms with Gasteiger partial charge in [-0.3, -0.25) is 0 Å². The zero-order valence-electron chi connectivity index (χ0n) is 9.99. The van der Waals surface area contributed by atoms with Gasteiger partial charge >= 0.3 is 0 Å². The van der Waals surface area contributed by atoms with Gasteiger partial charge < -0.3 is 4.79 Å². The molecule has 1 aromatic carbocycles. The lowest BCUT2D eigenvalue weighted by Crippen LogP contribution is -2.10. The summed E-state index contributed by atoms with van der Waals surface area (Å²) in [7, 11) is 0. The molecule has 1 aliphatic carbocycles. The van der Waals surface area contributed by atoms with E-state index in [2.05, 4.69) is 31.2 Å². The molecule has 1 unspecified atom stereocenters. The fraction of sp³-hybridized carbons (Fsp3) is 0.533. The lowest BCUT2D eigenvalue weighted by molar-refractivity contribution is -0.108. The molecule has 0 saturated heterocycles. The van der Waals surface area contributed by atoms with Crippen LogP contribution in [0.4, 0.5) is 0 Å². The second-order valence-corrected chi connectivity index (χ2v) is 4.96. The van der Waals surface area contributed by atoms with Crippen LogP contribution in [0.2, 0.25) is 0 Å². The summed E-state index contributed by atoms with van der Waals surface area (Å²) in [6.45, 7) is 2.11. The fourth-order valence-corrected chi connectivity index (χ4v) is 2.88. The second-order valence-electron chi connectivity index (χ2n) is 4.96. The van der Waals surface area contributed by atoms with E-state index in [0.717, 1.165) is 12.2 Å². The highest BCUT2D eigenvalue weighted by molar-refractivity contribution is 5.52. The van der Waals surface area contributed by atoms with Crippen LogP contribution in [-0.2, 0) is 4.79 Å². The van der Waals surface area contributed by atoms with Gasteiger partial charge in [-0.05, 0) is 37.2 Å². The van der Waals surface area contributed by atoms with Gasteiger partial charge in [0.15, 0.2) is 0 Å². The van der Waals surface area contributed by atoms with E-state index in [1.807, 2.05) is 0 Å². The third kappa shape index (κ3) is 2.52. The molecule has 1 atom stereocenters. The summed E-state index contributed by atoms with van der Waals surface area (Å²) in [6, 6.07) is 8.70. The number of hydrogen-bond donors (Lipinski definition) is 0. The summed E-state index contributed by atoms with van der Waals surface area (Å²) < 4.78 is 0. The van der Waals surface area contributed by atoms with Crippen LogP contribution >= 0.6 is 0 Å². The highest BCUT2D eigenvalue weighted by atomic mass is 16.1. The van der Waals surface area contributed by atoms with Crippen molar-refractivity contribution in [2.24, 2.45) is 5.92 Å². The smallest absolute Gasteiger partial charge is 0.120 e. The van der Waals surface area contributed by atoms with E-state index in [-0.39, 0.29) is 0 Å². The zero-order valence-corrected chi connectivity index (χ0v) is 9.99. The largest absolute Gasteiger partial charge is 0.303 e. The average Bonchev–Trinajstić information content (AvgIpc) is 2.81. The SMILES string of the molecule is Cc1ccc(C(CC=O)C2CCCC2)cc1. The molecule has 16 heavy (non-hydrogen) atoms. The number of carbonyl (C=O) groups is 1. The van der Waals surface area contributed by atoms with Gasteiger partial charge in [0.05, 0.1) is 0 Å². The molecule has 1 aromatic rings. The molecule has 1 nitrogen and oxygen atoms in total. The van der Waals surface area contributed by atoms with Crippen LogP contribution in [0.1, 0.15) is 49.1 Å². The Morgan fingerprint density at radius 2 is 1.88 bits per heavy atom. The molecule has 0 aromatic heterocycles. The van der Waals surface area contributed by atoms with Crippen molar-refractivity contribution < 1.29 is 4.79 Å². The van der Waals surface area contributed by atoms with Crippen molar-refractivity contribution in [1.29, 1.82) is 0 Å². The zero-order chi connectivity index (χ0) is 11.4. The molecule has 2 rings (SSSR count). The summed E-state index contributed by atoms with van der Waals surface area (Å²) in [5, 5.41) is 0. The Hall–Kier alpha value is -1.11. The first kappa shape index (κ1) is 11.4.